The zero-order valence-corrected chi connectivity index (χ0v) is 11.9. The first-order valence-electron chi connectivity index (χ1n) is 6.82. The van der Waals surface area contributed by atoms with E-state index in [1.807, 2.05) is 0 Å². The van der Waals surface area contributed by atoms with Crippen molar-refractivity contribution >= 4 is 5.91 Å². The summed E-state index contributed by atoms with van der Waals surface area (Å²) < 4.78 is 0. The summed E-state index contributed by atoms with van der Waals surface area (Å²) >= 11 is 0. The molecule has 18 heavy (non-hydrogen) atoms. The SMILES string of the molecule is CC(CCO)NC1CCN(CC(=O)N(C)C)CC1. The van der Waals surface area contributed by atoms with Crippen molar-refractivity contribution in [1.82, 2.24) is 15.1 Å². The third-order valence-electron chi connectivity index (χ3n) is 3.53. The third kappa shape index (κ3) is 5.33. The summed E-state index contributed by atoms with van der Waals surface area (Å²) in [5, 5.41) is 12.4. The first-order valence-corrected chi connectivity index (χ1v) is 6.82. The predicted octanol–water partition coefficient (Wildman–Crippen LogP) is -0.100. The highest BCUT2D eigenvalue weighted by Crippen LogP contribution is 2.11. The van der Waals surface area contributed by atoms with Crippen LogP contribution in [0.15, 0.2) is 0 Å². The maximum atomic E-state index is 11.6. The minimum Gasteiger partial charge on any atom is -0.396 e. The molecule has 1 aliphatic heterocycles. The summed E-state index contributed by atoms with van der Waals surface area (Å²) in [4.78, 5) is 15.5. The standard InChI is InChI=1S/C13H27N3O2/c1-11(6-9-17)14-12-4-7-16(8-5-12)10-13(18)15(2)3/h11-12,14,17H,4-10H2,1-3H3. The third-order valence-corrected chi connectivity index (χ3v) is 3.53. The van der Waals surface area contributed by atoms with Gasteiger partial charge in [0.1, 0.15) is 0 Å². The fraction of sp³-hybridized carbons (Fsp3) is 0.923. The number of hydrogen-bond donors (Lipinski definition) is 2. The van der Waals surface area contributed by atoms with Crippen molar-refractivity contribution in [2.75, 3.05) is 40.3 Å². The monoisotopic (exact) mass is 257 g/mol. The molecule has 0 aliphatic carbocycles. The zero-order valence-electron chi connectivity index (χ0n) is 11.9. The number of aliphatic hydroxyl groups excluding tert-OH is 1. The normalized spacial score (nSPS) is 19.8. The Morgan fingerprint density at radius 1 is 1.44 bits per heavy atom. The van der Waals surface area contributed by atoms with Crippen LogP contribution in [0.4, 0.5) is 0 Å². The molecule has 5 heteroatoms. The Labute approximate surface area is 110 Å². The van der Waals surface area contributed by atoms with Crippen LogP contribution in [-0.2, 0) is 4.79 Å². The van der Waals surface area contributed by atoms with Crippen LogP contribution in [0, 0.1) is 0 Å². The lowest BCUT2D eigenvalue weighted by molar-refractivity contribution is -0.130. The van der Waals surface area contributed by atoms with Gasteiger partial charge in [0.05, 0.1) is 6.54 Å². The van der Waals surface area contributed by atoms with Crippen molar-refractivity contribution < 1.29 is 9.90 Å². The lowest BCUT2D eigenvalue weighted by Gasteiger charge is -2.33. The van der Waals surface area contributed by atoms with Gasteiger partial charge in [-0.1, -0.05) is 0 Å². The van der Waals surface area contributed by atoms with Crippen molar-refractivity contribution in [1.29, 1.82) is 0 Å². The molecule has 1 amide bonds. The van der Waals surface area contributed by atoms with E-state index in [2.05, 4.69) is 17.1 Å². The van der Waals surface area contributed by atoms with Crippen molar-refractivity contribution in [3.05, 3.63) is 0 Å². The van der Waals surface area contributed by atoms with Gasteiger partial charge in [0.15, 0.2) is 0 Å². The number of nitrogens with one attached hydrogen (secondary N) is 1. The van der Waals surface area contributed by atoms with Gasteiger partial charge in [-0.25, -0.2) is 0 Å². The first-order chi connectivity index (χ1) is 8.52. The van der Waals surface area contributed by atoms with E-state index in [-0.39, 0.29) is 12.5 Å². The van der Waals surface area contributed by atoms with E-state index < -0.39 is 0 Å². The van der Waals surface area contributed by atoms with Gasteiger partial charge < -0.3 is 15.3 Å². The van der Waals surface area contributed by atoms with Crippen LogP contribution in [0.2, 0.25) is 0 Å². The number of likely N-dealkylation sites (N-methyl/N-ethyl adjacent to an activating group) is 1. The molecule has 1 rings (SSSR count). The number of aliphatic hydroxyl groups is 1. The Morgan fingerprint density at radius 2 is 2.06 bits per heavy atom. The van der Waals surface area contributed by atoms with Crippen LogP contribution in [0.25, 0.3) is 0 Å². The number of piperidine rings is 1. The van der Waals surface area contributed by atoms with Crippen molar-refractivity contribution in [2.24, 2.45) is 0 Å². The number of rotatable bonds is 6. The van der Waals surface area contributed by atoms with Crippen LogP contribution in [0.5, 0.6) is 0 Å². The van der Waals surface area contributed by atoms with Gasteiger partial charge in [-0.05, 0) is 26.2 Å². The highest BCUT2D eigenvalue weighted by Gasteiger charge is 2.21. The molecule has 1 heterocycles. The summed E-state index contributed by atoms with van der Waals surface area (Å²) in [5.41, 5.74) is 0. The van der Waals surface area contributed by atoms with Crippen molar-refractivity contribution in [3.8, 4) is 0 Å². The lowest BCUT2D eigenvalue weighted by atomic mass is 10.0. The summed E-state index contributed by atoms with van der Waals surface area (Å²) in [5.74, 6) is 0.176. The number of carbonyl (C=O) groups excluding carboxylic acids is 1. The largest absolute Gasteiger partial charge is 0.396 e. The van der Waals surface area contributed by atoms with Crippen molar-refractivity contribution in [2.45, 2.75) is 38.3 Å². The highest BCUT2D eigenvalue weighted by molar-refractivity contribution is 5.77. The van der Waals surface area contributed by atoms with Crippen LogP contribution < -0.4 is 5.32 Å². The molecule has 0 aromatic heterocycles. The molecular weight excluding hydrogens is 230 g/mol. The molecule has 106 valence electrons. The maximum Gasteiger partial charge on any atom is 0.236 e. The number of hydrogen-bond acceptors (Lipinski definition) is 4. The molecule has 0 aromatic rings. The Hall–Kier alpha value is -0.650. The second-order valence-electron chi connectivity index (χ2n) is 5.42. The smallest absolute Gasteiger partial charge is 0.236 e. The maximum absolute atomic E-state index is 11.6. The molecule has 1 aliphatic rings. The van der Waals surface area contributed by atoms with Gasteiger partial charge >= 0.3 is 0 Å². The molecule has 2 N–H and O–H groups in total. The lowest BCUT2D eigenvalue weighted by Crippen LogP contribution is -2.47. The minimum atomic E-state index is 0.176. The number of likely N-dealkylation sites (tertiary alicyclic amines) is 1. The van der Waals surface area contributed by atoms with Gasteiger partial charge in [0, 0.05) is 45.9 Å². The van der Waals surface area contributed by atoms with Gasteiger partial charge in [-0.15, -0.1) is 0 Å². The molecule has 0 saturated carbocycles. The molecule has 0 bridgehead atoms. The zero-order chi connectivity index (χ0) is 13.5. The van der Waals surface area contributed by atoms with Gasteiger partial charge in [-0.3, -0.25) is 9.69 Å². The molecule has 1 unspecified atom stereocenters. The van der Waals surface area contributed by atoms with Gasteiger partial charge in [-0.2, -0.15) is 0 Å². The summed E-state index contributed by atoms with van der Waals surface area (Å²) in [7, 11) is 3.60. The average Bonchev–Trinajstić information content (AvgIpc) is 2.31. The molecular formula is C13H27N3O2. The minimum absolute atomic E-state index is 0.176. The molecule has 0 radical (unpaired) electrons. The highest BCUT2D eigenvalue weighted by atomic mass is 16.3. The molecule has 1 atom stereocenters. The van der Waals surface area contributed by atoms with E-state index in [0.717, 1.165) is 32.4 Å². The van der Waals surface area contributed by atoms with E-state index in [1.54, 1.807) is 19.0 Å². The Balaban J connectivity index is 2.22. The molecule has 1 saturated heterocycles. The number of amides is 1. The van der Waals surface area contributed by atoms with E-state index in [9.17, 15) is 4.79 Å². The summed E-state index contributed by atoms with van der Waals surface area (Å²) in [6.07, 6.45) is 2.96. The van der Waals surface area contributed by atoms with Crippen LogP contribution >= 0.6 is 0 Å². The second-order valence-corrected chi connectivity index (χ2v) is 5.42. The molecule has 5 nitrogen and oxygen atoms in total. The van der Waals surface area contributed by atoms with E-state index >= 15 is 0 Å². The number of carbonyl (C=O) groups is 1. The summed E-state index contributed by atoms with van der Waals surface area (Å²) in [6, 6.07) is 0.896. The van der Waals surface area contributed by atoms with Crippen LogP contribution in [0.3, 0.4) is 0 Å². The van der Waals surface area contributed by atoms with E-state index in [1.165, 1.54) is 0 Å². The second kappa shape index (κ2) is 7.71. The fourth-order valence-corrected chi connectivity index (χ4v) is 2.27. The van der Waals surface area contributed by atoms with Gasteiger partial charge in [0.25, 0.3) is 0 Å². The molecule has 0 spiro atoms. The quantitative estimate of drug-likeness (QED) is 0.698. The Kier molecular flexibility index (Phi) is 6.60. The van der Waals surface area contributed by atoms with E-state index in [4.69, 9.17) is 5.11 Å². The summed E-state index contributed by atoms with van der Waals surface area (Å²) in [6.45, 7) is 4.83. The number of nitrogens with zero attached hydrogens (tertiary/aromatic N) is 2. The topological polar surface area (TPSA) is 55.8 Å². The Bertz CT molecular complexity index is 251. The molecule has 1 fully saturated rings. The predicted molar refractivity (Wildman–Crippen MR) is 72.5 cm³/mol. The molecule has 0 aromatic carbocycles. The fourth-order valence-electron chi connectivity index (χ4n) is 2.27. The van der Waals surface area contributed by atoms with Crippen molar-refractivity contribution in [3.63, 3.8) is 0 Å². The van der Waals surface area contributed by atoms with E-state index in [0.29, 0.717) is 18.6 Å². The van der Waals surface area contributed by atoms with Gasteiger partial charge in [0.2, 0.25) is 5.91 Å². The first kappa shape index (κ1) is 15.4. The average molecular weight is 257 g/mol. The Morgan fingerprint density at radius 3 is 2.56 bits per heavy atom. The van der Waals surface area contributed by atoms with Crippen LogP contribution in [0.1, 0.15) is 26.2 Å². The van der Waals surface area contributed by atoms with Crippen LogP contribution in [-0.4, -0.2) is 73.2 Å².